The molecule has 2 aromatic heterocycles. The van der Waals surface area contributed by atoms with Gasteiger partial charge in [-0.05, 0) is 31.4 Å². The molecule has 2 aromatic rings. The second-order valence-electron chi connectivity index (χ2n) is 5.04. The fraction of sp³-hybridized carbons (Fsp3) is 0.500. The van der Waals surface area contributed by atoms with Crippen LogP contribution in [0.3, 0.4) is 0 Å². The van der Waals surface area contributed by atoms with Crippen LogP contribution in [0.15, 0.2) is 22.9 Å². The quantitative estimate of drug-likeness (QED) is 0.912. The molecule has 0 spiro atoms. The van der Waals surface area contributed by atoms with Gasteiger partial charge in [0.05, 0.1) is 6.54 Å². The van der Waals surface area contributed by atoms with Crippen molar-refractivity contribution in [2.75, 3.05) is 0 Å². The minimum absolute atomic E-state index is 0.571. The highest BCUT2D eigenvalue weighted by Crippen LogP contribution is 2.19. The summed E-state index contributed by atoms with van der Waals surface area (Å²) in [4.78, 5) is 8.69. The van der Waals surface area contributed by atoms with E-state index in [1.54, 1.807) is 6.20 Å². The molecule has 0 saturated heterocycles. The fourth-order valence-corrected chi connectivity index (χ4v) is 2.50. The molecule has 0 atom stereocenters. The molecule has 2 heterocycles. The maximum atomic E-state index is 5.27. The molecule has 100 valence electrons. The van der Waals surface area contributed by atoms with Gasteiger partial charge < -0.3 is 9.84 Å². The molecule has 19 heavy (non-hydrogen) atoms. The summed E-state index contributed by atoms with van der Waals surface area (Å²) in [7, 11) is 0. The van der Waals surface area contributed by atoms with Crippen LogP contribution in [0, 0.1) is 6.92 Å². The van der Waals surface area contributed by atoms with E-state index in [2.05, 4.69) is 20.4 Å². The summed E-state index contributed by atoms with van der Waals surface area (Å²) in [5.41, 5.74) is 1.84. The molecule has 3 rings (SSSR count). The van der Waals surface area contributed by atoms with Crippen LogP contribution in [0.2, 0.25) is 0 Å². The van der Waals surface area contributed by atoms with Crippen LogP contribution in [0.25, 0.3) is 11.5 Å². The van der Waals surface area contributed by atoms with Gasteiger partial charge in [0, 0.05) is 12.2 Å². The zero-order valence-electron chi connectivity index (χ0n) is 11.1. The third kappa shape index (κ3) is 2.81. The standard InChI is InChI=1S/C14H18N4O/c1-10-5-4-8-15-13(10)14-17-12(19-18-14)9-16-11-6-2-3-7-11/h4-5,8,11,16H,2-3,6-7,9H2,1H3. The number of rotatable bonds is 4. The van der Waals surface area contributed by atoms with E-state index in [9.17, 15) is 0 Å². The summed E-state index contributed by atoms with van der Waals surface area (Å²) >= 11 is 0. The topological polar surface area (TPSA) is 63.8 Å². The van der Waals surface area contributed by atoms with Gasteiger partial charge in [-0.25, -0.2) is 0 Å². The normalized spacial score (nSPS) is 16.1. The smallest absolute Gasteiger partial charge is 0.240 e. The summed E-state index contributed by atoms with van der Waals surface area (Å²) in [5.74, 6) is 1.20. The van der Waals surface area contributed by atoms with Crippen molar-refractivity contribution in [1.82, 2.24) is 20.4 Å². The second kappa shape index (κ2) is 5.48. The van der Waals surface area contributed by atoms with E-state index in [-0.39, 0.29) is 0 Å². The molecule has 1 fully saturated rings. The van der Waals surface area contributed by atoms with E-state index >= 15 is 0 Å². The van der Waals surface area contributed by atoms with Gasteiger partial charge in [0.25, 0.3) is 0 Å². The van der Waals surface area contributed by atoms with E-state index in [0.29, 0.717) is 24.3 Å². The Kier molecular flexibility index (Phi) is 3.55. The summed E-state index contributed by atoms with van der Waals surface area (Å²) in [6.07, 6.45) is 6.88. The average molecular weight is 258 g/mol. The molecule has 5 nitrogen and oxygen atoms in total. The van der Waals surface area contributed by atoms with Crippen molar-refractivity contribution in [1.29, 1.82) is 0 Å². The zero-order valence-corrected chi connectivity index (χ0v) is 11.1. The highest BCUT2D eigenvalue weighted by Gasteiger charge is 2.16. The molecule has 0 radical (unpaired) electrons. The number of hydrogen-bond donors (Lipinski definition) is 1. The Labute approximate surface area is 112 Å². The lowest BCUT2D eigenvalue weighted by Crippen LogP contribution is -2.25. The Morgan fingerprint density at radius 3 is 3.00 bits per heavy atom. The summed E-state index contributed by atoms with van der Waals surface area (Å²) < 4.78 is 5.27. The minimum atomic E-state index is 0.571. The minimum Gasteiger partial charge on any atom is -0.337 e. The third-order valence-corrected chi connectivity index (χ3v) is 3.59. The Morgan fingerprint density at radius 1 is 1.37 bits per heavy atom. The lowest BCUT2D eigenvalue weighted by Gasteiger charge is -2.08. The van der Waals surface area contributed by atoms with Crippen LogP contribution in [0.4, 0.5) is 0 Å². The molecule has 0 unspecified atom stereocenters. The molecular formula is C14H18N4O. The van der Waals surface area contributed by atoms with Crippen LogP contribution in [0.5, 0.6) is 0 Å². The van der Waals surface area contributed by atoms with E-state index < -0.39 is 0 Å². The van der Waals surface area contributed by atoms with E-state index in [1.807, 2.05) is 19.1 Å². The Morgan fingerprint density at radius 2 is 2.21 bits per heavy atom. The molecule has 1 aliphatic carbocycles. The van der Waals surface area contributed by atoms with Crippen molar-refractivity contribution in [2.24, 2.45) is 0 Å². The highest BCUT2D eigenvalue weighted by molar-refractivity contribution is 5.52. The van der Waals surface area contributed by atoms with Gasteiger partial charge in [-0.2, -0.15) is 4.98 Å². The van der Waals surface area contributed by atoms with E-state index in [0.717, 1.165) is 11.3 Å². The van der Waals surface area contributed by atoms with E-state index in [4.69, 9.17) is 4.52 Å². The Hall–Kier alpha value is -1.75. The van der Waals surface area contributed by atoms with E-state index in [1.165, 1.54) is 25.7 Å². The lowest BCUT2D eigenvalue weighted by molar-refractivity contribution is 0.357. The largest absolute Gasteiger partial charge is 0.337 e. The van der Waals surface area contributed by atoms with Crippen LogP contribution in [-0.4, -0.2) is 21.2 Å². The van der Waals surface area contributed by atoms with Crippen molar-refractivity contribution >= 4 is 0 Å². The number of nitrogens with zero attached hydrogens (tertiary/aromatic N) is 3. The van der Waals surface area contributed by atoms with Gasteiger partial charge in [0.15, 0.2) is 0 Å². The lowest BCUT2D eigenvalue weighted by atomic mass is 10.2. The fourth-order valence-electron chi connectivity index (χ4n) is 2.50. The monoisotopic (exact) mass is 258 g/mol. The maximum absolute atomic E-state index is 5.27. The predicted octanol–water partition coefficient (Wildman–Crippen LogP) is 2.47. The maximum Gasteiger partial charge on any atom is 0.240 e. The molecule has 1 N–H and O–H groups in total. The molecule has 0 aliphatic heterocycles. The molecule has 1 saturated carbocycles. The molecule has 0 amide bonds. The summed E-state index contributed by atoms with van der Waals surface area (Å²) in [6, 6.07) is 4.50. The first-order valence-corrected chi connectivity index (χ1v) is 6.81. The first kappa shape index (κ1) is 12.3. The van der Waals surface area contributed by atoms with Gasteiger partial charge >= 0.3 is 0 Å². The number of pyridine rings is 1. The van der Waals surface area contributed by atoms with Crippen molar-refractivity contribution in [3.05, 3.63) is 29.8 Å². The van der Waals surface area contributed by atoms with Crippen LogP contribution in [0.1, 0.15) is 37.1 Å². The first-order valence-electron chi connectivity index (χ1n) is 6.81. The average Bonchev–Trinajstić information content (AvgIpc) is 3.08. The molecule has 5 heteroatoms. The molecule has 1 aliphatic rings. The first-order chi connectivity index (χ1) is 9.33. The van der Waals surface area contributed by atoms with Gasteiger partial charge in [-0.15, -0.1) is 0 Å². The van der Waals surface area contributed by atoms with Crippen LogP contribution < -0.4 is 5.32 Å². The zero-order chi connectivity index (χ0) is 13.1. The van der Waals surface area contributed by atoms with Crippen molar-refractivity contribution in [2.45, 2.75) is 45.2 Å². The van der Waals surface area contributed by atoms with Gasteiger partial charge in [0.1, 0.15) is 5.69 Å². The number of hydrogen-bond acceptors (Lipinski definition) is 5. The number of aryl methyl sites for hydroxylation is 1. The van der Waals surface area contributed by atoms with Crippen molar-refractivity contribution < 1.29 is 4.52 Å². The molecule has 0 aromatic carbocycles. The Bertz CT molecular complexity index is 546. The summed E-state index contributed by atoms with van der Waals surface area (Å²) in [6.45, 7) is 2.64. The van der Waals surface area contributed by atoms with Crippen LogP contribution in [-0.2, 0) is 6.54 Å². The Balaban J connectivity index is 1.67. The molecular weight excluding hydrogens is 240 g/mol. The number of nitrogens with one attached hydrogen (secondary N) is 1. The van der Waals surface area contributed by atoms with Crippen molar-refractivity contribution in [3.63, 3.8) is 0 Å². The number of aromatic nitrogens is 3. The van der Waals surface area contributed by atoms with Gasteiger partial charge in [0.2, 0.25) is 11.7 Å². The van der Waals surface area contributed by atoms with Crippen molar-refractivity contribution in [3.8, 4) is 11.5 Å². The predicted molar refractivity (Wildman–Crippen MR) is 71.4 cm³/mol. The van der Waals surface area contributed by atoms with Gasteiger partial charge in [-0.1, -0.05) is 24.1 Å². The van der Waals surface area contributed by atoms with Crippen LogP contribution >= 0.6 is 0 Å². The highest BCUT2D eigenvalue weighted by atomic mass is 16.5. The third-order valence-electron chi connectivity index (χ3n) is 3.59. The SMILES string of the molecule is Cc1cccnc1-c1noc(CNC2CCCC2)n1. The summed E-state index contributed by atoms with van der Waals surface area (Å²) in [5, 5.41) is 7.46. The second-order valence-corrected chi connectivity index (χ2v) is 5.04. The van der Waals surface area contributed by atoms with Gasteiger partial charge in [-0.3, -0.25) is 4.98 Å². The molecule has 0 bridgehead atoms.